The molecule has 0 spiro atoms. The fraction of sp³-hybridized carbons (Fsp3) is 0.174. The molecule has 0 saturated heterocycles. The van der Waals surface area contributed by atoms with Crippen molar-refractivity contribution >= 4 is 16.8 Å². The van der Waals surface area contributed by atoms with E-state index in [4.69, 9.17) is 0 Å². The first-order valence-electron chi connectivity index (χ1n) is 9.47. The zero-order valence-corrected chi connectivity index (χ0v) is 16.6. The summed E-state index contributed by atoms with van der Waals surface area (Å²) in [6.45, 7) is 3.89. The molecular formula is C23H22N4O2. The van der Waals surface area contributed by atoms with Gasteiger partial charge in [0.05, 0.1) is 29.0 Å². The van der Waals surface area contributed by atoms with E-state index in [1.165, 1.54) is 6.07 Å². The Hall–Kier alpha value is -3.67. The van der Waals surface area contributed by atoms with E-state index in [9.17, 15) is 9.59 Å². The van der Waals surface area contributed by atoms with E-state index in [1.54, 1.807) is 17.8 Å². The molecule has 0 aliphatic carbocycles. The number of hydrogen-bond acceptors (Lipinski definition) is 3. The number of nitrogens with one attached hydrogen (secondary N) is 1. The first-order chi connectivity index (χ1) is 14.0. The van der Waals surface area contributed by atoms with Gasteiger partial charge in [-0.1, -0.05) is 36.4 Å². The third-order valence-corrected chi connectivity index (χ3v) is 5.26. The van der Waals surface area contributed by atoms with Crippen molar-refractivity contribution < 1.29 is 4.79 Å². The van der Waals surface area contributed by atoms with Crippen LogP contribution in [0, 0.1) is 6.92 Å². The second-order valence-electron chi connectivity index (χ2n) is 7.10. The Morgan fingerprint density at radius 3 is 2.52 bits per heavy atom. The first kappa shape index (κ1) is 18.7. The van der Waals surface area contributed by atoms with Crippen molar-refractivity contribution in [1.82, 2.24) is 19.7 Å². The lowest BCUT2D eigenvalue weighted by molar-refractivity contribution is 0.0941. The van der Waals surface area contributed by atoms with Gasteiger partial charge < -0.3 is 9.88 Å². The fourth-order valence-corrected chi connectivity index (χ4v) is 3.63. The van der Waals surface area contributed by atoms with E-state index >= 15 is 0 Å². The summed E-state index contributed by atoms with van der Waals surface area (Å²) >= 11 is 0. The van der Waals surface area contributed by atoms with Crippen LogP contribution in [-0.2, 0) is 7.05 Å². The SMILES string of the molecule is Cc1c([C@@H](C)NC(=O)c2cc(=O)n(C)c3ccccc23)cnn1-c1ccccc1. The lowest BCUT2D eigenvalue weighted by Crippen LogP contribution is -2.29. The molecule has 1 atom stereocenters. The van der Waals surface area contributed by atoms with E-state index in [0.29, 0.717) is 5.56 Å². The Morgan fingerprint density at radius 1 is 1.07 bits per heavy atom. The van der Waals surface area contributed by atoms with Crippen molar-refractivity contribution in [2.75, 3.05) is 0 Å². The van der Waals surface area contributed by atoms with E-state index in [1.807, 2.05) is 73.1 Å². The molecule has 0 fully saturated rings. The van der Waals surface area contributed by atoms with Gasteiger partial charge in [-0.15, -0.1) is 0 Å². The molecule has 4 aromatic rings. The van der Waals surface area contributed by atoms with Crippen LogP contribution >= 0.6 is 0 Å². The van der Waals surface area contributed by atoms with E-state index < -0.39 is 0 Å². The number of carbonyl (C=O) groups is 1. The smallest absolute Gasteiger partial charge is 0.252 e. The lowest BCUT2D eigenvalue weighted by atomic mass is 10.1. The summed E-state index contributed by atoms with van der Waals surface area (Å²) in [5.41, 5.74) is 3.74. The molecule has 2 heterocycles. The van der Waals surface area contributed by atoms with E-state index in [-0.39, 0.29) is 17.5 Å². The lowest BCUT2D eigenvalue weighted by Gasteiger charge is -2.16. The predicted octanol–water partition coefficient (Wildman–Crippen LogP) is 3.52. The number of aryl methyl sites for hydroxylation is 1. The number of aromatic nitrogens is 3. The summed E-state index contributed by atoms with van der Waals surface area (Å²) in [7, 11) is 1.70. The van der Waals surface area contributed by atoms with Gasteiger partial charge >= 0.3 is 0 Å². The maximum absolute atomic E-state index is 13.0. The van der Waals surface area contributed by atoms with Crippen molar-refractivity contribution in [2.24, 2.45) is 7.05 Å². The Balaban J connectivity index is 1.65. The average molecular weight is 386 g/mol. The van der Waals surface area contributed by atoms with Gasteiger partial charge in [0.15, 0.2) is 0 Å². The third-order valence-electron chi connectivity index (χ3n) is 5.26. The summed E-state index contributed by atoms with van der Waals surface area (Å²) in [4.78, 5) is 25.3. The van der Waals surface area contributed by atoms with Gasteiger partial charge in [-0.05, 0) is 32.0 Å². The Kier molecular flexibility index (Phi) is 4.76. The molecule has 0 radical (unpaired) electrons. The van der Waals surface area contributed by atoms with Gasteiger partial charge in [-0.2, -0.15) is 5.10 Å². The van der Waals surface area contributed by atoms with Crippen LogP contribution in [0.25, 0.3) is 16.6 Å². The maximum Gasteiger partial charge on any atom is 0.252 e. The molecule has 0 saturated carbocycles. The van der Waals surface area contributed by atoms with Crippen molar-refractivity contribution in [3.8, 4) is 5.69 Å². The Morgan fingerprint density at radius 2 is 1.76 bits per heavy atom. The molecular weight excluding hydrogens is 364 g/mol. The van der Waals surface area contributed by atoms with E-state index in [0.717, 1.165) is 27.8 Å². The summed E-state index contributed by atoms with van der Waals surface area (Å²) < 4.78 is 3.40. The highest BCUT2D eigenvalue weighted by atomic mass is 16.2. The van der Waals surface area contributed by atoms with Crippen LogP contribution in [0.1, 0.15) is 34.6 Å². The van der Waals surface area contributed by atoms with Crippen molar-refractivity contribution in [3.05, 3.63) is 94.0 Å². The number of carbonyl (C=O) groups excluding carboxylic acids is 1. The minimum atomic E-state index is -0.279. The van der Waals surface area contributed by atoms with Crippen molar-refractivity contribution in [1.29, 1.82) is 0 Å². The van der Waals surface area contributed by atoms with Gasteiger partial charge in [0.25, 0.3) is 11.5 Å². The van der Waals surface area contributed by atoms with Crippen molar-refractivity contribution in [3.63, 3.8) is 0 Å². The van der Waals surface area contributed by atoms with Gasteiger partial charge in [-0.25, -0.2) is 4.68 Å². The zero-order chi connectivity index (χ0) is 20.5. The molecule has 0 unspecified atom stereocenters. The van der Waals surface area contributed by atoms with Crippen LogP contribution in [0.3, 0.4) is 0 Å². The number of nitrogens with zero attached hydrogens (tertiary/aromatic N) is 3. The largest absolute Gasteiger partial charge is 0.345 e. The minimum Gasteiger partial charge on any atom is -0.345 e. The van der Waals surface area contributed by atoms with Crippen LogP contribution in [0.2, 0.25) is 0 Å². The minimum absolute atomic E-state index is 0.213. The second-order valence-corrected chi connectivity index (χ2v) is 7.10. The standard InChI is InChI=1S/C23H22N4O2/c1-15(20-14-24-27(16(20)2)17-9-5-4-6-10-17)25-23(29)19-13-22(28)26(3)21-12-8-7-11-18(19)21/h4-15H,1-3H3,(H,25,29)/t15-/m1/s1. The second kappa shape index (κ2) is 7.39. The topological polar surface area (TPSA) is 68.9 Å². The molecule has 146 valence electrons. The monoisotopic (exact) mass is 386 g/mol. The Labute approximate surface area is 168 Å². The molecule has 0 aliphatic heterocycles. The summed E-state index contributed by atoms with van der Waals surface area (Å²) in [5.74, 6) is -0.279. The predicted molar refractivity (Wildman–Crippen MR) is 113 cm³/mol. The molecule has 0 aliphatic rings. The quantitative estimate of drug-likeness (QED) is 0.583. The number of fused-ring (bicyclic) bond motifs is 1. The number of pyridine rings is 1. The van der Waals surface area contributed by atoms with Gasteiger partial charge in [0, 0.05) is 29.8 Å². The molecule has 6 heteroatoms. The molecule has 29 heavy (non-hydrogen) atoms. The molecule has 2 aromatic carbocycles. The highest BCUT2D eigenvalue weighted by molar-refractivity contribution is 6.06. The molecule has 2 aromatic heterocycles. The number of amides is 1. The average Bonchev–Trinajstić information content (AvgIpc) is 3.12. The zero-order valence-electron chi connectivity index (χ0n) is 16.6. The summed E-state index contributed by atoms with van der Waals surface area (Å²) in [6.07, 6.45) is 1.77. The molecule has 0 bridgehead atoms. The van der Waals surface area contributed by atoms with Crippen LogP contribution < -0.4 is 10.9 Å². The van der Waals surface area contributed by atoms with Crippen LogP contribution in [0.5, 0.6) is 0 Å². The fourth-order valence-electron chi connectivity index (χ4n) is 3.63. The normalized spacial score (nSPS) is 12.1. The highest BCUT2D eigenvalue weighted by Gasteiger charge is 2.19. The maximum atomic E-state index is 13.0. The highest BCUT2D eigenvalue weighted by Crippen LogP contribution is 2.22. The van der Waals surface area contributed by atoms with Crippen LogP contribution in [0.15, 0.2) is 71.7 Å². The van der Waals surface area contributed by atoms with Crippen LogP contribution in [0.4, 0.5) is 0 Å². The van der Waals surface area contributed by atoms with E-state index in [2.05, 4.69) is 10.4 Å². The summed E-state index contributed by atoms with van der Waals surface area (Å²) in [5, 5.41) is 8.24. The molecule has 1 N–H and O–H groups in total. The number of para-hydroxylation sites is 2. The molecule has 1 amide bonds. The number of hydrogen-bond donors (Lipinski definition) is 1. The molecule has 6 nitrogen and oxygen atoms in total. The van der Waals surface area contributed by atoms with Gasteiger partial charge in [0.2, 0.25) is 0 Å². The van der Waals surface area contributed by atoms with Gasteiger partial charge in [0.1, 0.15) is 0 Å². The molecule has 4 rings (SSSR count). The van der Waals surface area contributed by atoms with Crippen LogP contribution in [-0.4, -0.2) is 20.3 Å². The number of benzene rings is 2. The Bertz CT molecular complexity index is 1260. The number of rotatable bonds is 4. The van der Waals surface area contributed by atoms with Crippen molar-refractivity contribution in [2.45, 2.75) is 19.9 Å². The summed E-state index contributed by atoms with van der Waals surface area (Å²) in [6, 6.07) is 18.4. The first-order valence-corrected chi connectivity index (χ1v) is 9.47. The van der Waals surface area contributed by atoms with Gasteiger partial charge in [-0.3, -0.25) is 9.59 Å². The third kappa shape index (κ3) is 3.33.